The first-order valence-electron chi connectivity index (χ1n) is 11.6. The summed E-state index contributed by atoms with van der Waals surface area (Å²) in [6, 6.07) is 14.9. The lowest BCUT2D eigenvalue weighted by atomic mass is 9.73. The Hall–Kier alpha value is -3.28. The van der Waals surface area contributed by atoms with Crippen LogP contribution in [0.4, 0.5) is 0 Å². The van der Waals surface area contributed by atoms with E-state index in [9.17, 15) is 9.59 Å². The largest absolute Gasteiger partial charge is 0.331 e. The molecule has 33 heavy (non-hydrogen) atoms. The van der Waals surface area contributed by atoms with Gasteiger partial charge in [-0.05, 0) is 47.6 Å². The smallest absolute Gasteiger partial charge is 0.319 e. The molecule has 0 heterocycles. The van der Waals surface area contributed by atoms with Gasteiger partial charge in [-0.15, -0.1) is 0 Å². The zero-order valence-electron chi connectivity index (χ0n) is 20.1. The molecular weight excluding hydrogens is 416 g/mol. The summed E-state index contributed by atoms with van der Waals surface area (Å²) in [4.78, 5) is 32.7. The van der Waals surface area contributed by atoms with Crippen LogP contribution in [-0.4, -0.2) is 23.4 Å². The minimum atomic E-state index is -0.494. The number of nitrogens with zero attached hydrogens (tertiary/aromatic N) is 2. The molecule has 0 saturated heterocycles. The SMILES string of the molecule is CCC/C(C/C(=N\OC(C)=O)c1ccc2c(c1)C(CC)(CC)c1ccccc1-2)=N\OC(C)=O. The van der Waals surface area contributed by atoms with Crippen molar-refractivity contribution in [2.45, 2.75) is 72.1 Å². The normalized spacial score (nSPS) is 14.5. The third-order valence-electron chi connectivity index (χ3n) is 6.31. The lowest BCUT2D eigenvalue weighted by molar-refractivity contribution is -0.141. The van der Waals surface area contributed by atoms with Crippen LogP contribution in [0.25, 0.3) is 11.1 Å². The summed E-state index contributed by atoms with van der Waals surface area (Å²) in [6.45, 7) is 9.10. The second kappa shape index (κ2) is 10.6. The van der Waals surface area contributed by atoms with Crippen LogP contribution in [0.3, 0.4) is 0 Å². The van der Waals surface area contributed by atoms with Gasteiger partial charge in [0.25, 0.3) is 0 Å². The Morgan fingerprint density at radius 2 is 1.48 bits per heavy atom. The zero-order valence-corrected chi connectivity index (χ0v) is 20.1. The topological polar surface area (TPSA) is 77.3 Å². The minimum Gasteiger partial charge on any atom is -0.319 e. The number of carbonyl (C=O) groups excluding carboxylic acids is 2. The van der Waals surface area contributed by atoms with Gasteiger partial charge in [0.1, 0.15) is 0 Å². The summed E-state index contributed by atoms with van der Waals surface area (Å²) >= 11 is 0. The zero-order chi connectivity index (χ0) is 24.0. The van der Waals surface area contributed by atoms with E-state index in [2.05, 4.69) is 60.6 Å². The first-order chi connectivity index (χ1) is 15.9. The molecule has 1 aliphatic rings. The van der Waals surface area contributed by atoms with Gasteiger partial charge in [-0.25, -0.2) is 9.59 Å². The van der Waals surface area contributed by atoms with Crippen molar-refractivity contribution in [3.63, 3.8) is 0 Å². The third kappa shape index (κ3) is 5.05. The van der Waals surface area contributed by atoms with Crippen LogP contribution in [0.2, 0.25) is 0 Å². The predicted molar refractivity (Wildman–Crippen MR) is 130 cm³/mol. The van der Waals surface area contributed by atoms with Gasteiger partial charge >= 0.3 is 11.9 Å². The molecule has 0 unspecified atom stereocenters. The summed E-state index contributed by atoms with van der Waals surface area (Å²) in [5, 5.41) is 8.18. The molecule has 0 N–H and O–H groups in total. The molecule has 6 heteroatoms. The Labute approximate surface area is 195 Å². The first kappa shape index (κ1) is 24.4. The van der Waals surface area contributed by atoms with Gasteiger partial charge in [-0.3, -0.25) is 0 Å². The Morgan fingerprint density at radius 3 is 2.12 bits per heavy atom. The minimum absolute atomic E-state index is 0.0768. The maximum atomic E-state index is 11.5. The molecule has 174 valence electrons. The molecule has 6 nitrogen and oxygen atoms in total. The van der Waals surface area contributed by atoms with Gasteiger partial charge in [0.2, 0.25) is 0 Å². The summed E-state index contributed by atoms with van der Waals surface area (Å²) in [6.07, 6.45) is 3.72. The second-order valence-corrected chi connectivity index (χ2v) is 8.38. The van der Waals surface area contributed by atoms with Gasteiger partial charge in [0, 0.05) is 31.2 Å². The van der Waals surface area contributed by atoms with E-state index in [1.165, 1.54) is 36.1 Å². The van der Waals surface area contributed by atoms with Crippen molar-refractivity contribution < 1.29 is 19.3 Å². The molecule has 3 rings (SSSR count). The van der Waals surface area contributed by atoms with Crippen LogP contribution in [0.1, 0.15) is 83.4 Å². The molecule has 0 amide bonds. The highest BCUT2D eigenvalue weighted by atomic mass is 16.7. The van der Waals surface area contributed by atoms with Crippen LogP contribution in [0.5, 0.6) is 0 Å². The van der Waals surface area contributed by atoms with Crippen molar-refractivity contribution in [3.8, 4) is 11.1 Å². The molecule has 0 aliphatic heterocycles. The fourth-order valence-electron chi connectivity index (χ4n) is 4.73. The second-order valence-electron chi connectivity index (χ2n) is 8.38. The maximum Gasteiger partial charge on any atom is 0.331 e. The molecule has 0 fully saturated rings. The number of rotatable bonds is 9. The first-order valence-corrected chi connectivity index (χ1v) is 11.6. The van der Waals surface area contributed by atoms with E-state index in [1.807, 2.05) is 13.0 Å². The summed E-state index contributed by atoms with van der Waals surface area (Å²) < 4.78 is 0. The van der Waals surface area contributed by atoms with E-state index in [4.69, 9.17) is 9.68 Å². The predicted octanol–water partition coefficient (Wildman–Crippen LogP) is 6.15. The molecular formula is C27H32N2O4. The van der Waals surface area contributed by atoms with E-state index in [-0.39, 0.29) is 5.41 Å². The van der Waals surface area contributed by atoms with E-state index < -0.39 is 11.9 Å². The molecule has 2 aromatic carbocycles. The van der Waals surface area contributed by atoms with E-state index in [1.54, 1.807) is 0 Å². The van der Waals surface area contributed by atoms with Crippen LogP contribution < -0.4 is 0 Å². The number of oxime groups is 2. The van der Waals surface area contributed by atoms with Gasteiger partial charge in [-0.1, -0.05) is 73.9 Å². The highest BCUT2D eigenvalue weighted by Gasteiger charge is 2.40. The van der Waals surface area contributed by atoms with Crippen molar-refractivity contribution >= 4 is 23.4 Å². The van der Waals surface area contributed by atoms with Gasteiger partial charge in [0.15, 0.2) is 0 Å². The molecule has 1 aliphatic carbocycles. The van der Waals surface area contributed by atoms with Crippen molar-refractivity contribution in [1.82, 2.24) is 0 Å². The molecule has 0 saturated carbocycles. The third-order valence-corrected chi connectivity index (χ3v) is 6.31. The van der Waals surface area contributed by atoms with Gasteiger partial charge in [0.05, 0.1) is 11.4 Å². The number of benzene rings is 2. The molecule has 0 bridgehead atoms. The van der Waals surface area contributed by atoms with Crippen molar-refractivity contribution in [3.05, 3.63) is 59.2 Å². The van der Waals surface area contributed by atoms with Crippen LogP contribution in [0, 0.1) is 0 Å². The van der Waals surface area contributed by atoms with Crippen molar-refractivity contribution in [1.29, 1.82) is 0 Å². The van der Waals surface area contributed by atoms with Gasteiger partial charge in [-0.2, -0.15) is 0 Å². The average molecular weight is 449 g/mol. The maximum absolute atomic E-state index is 11.5. The number of hydrogen-bond donors (Lipinski definition) is 0. The number of fused-ring (bicyclic) bond motifs is 3. The summed E-state index contributed by atoms with van der Waals surface area (Å²) in [5.74, 6) is -0.973. The summed E-state index contributed by atoms with van der Waals surface area (Å²) in [7, 11) is 0. The molecule has 2 aromatic rings. The highest BCUT2D eigenvalue weighted by Crippen LogP contribution is 2.52. The standard InChI is InChI=1S/C27H32N2O4/c1-6-11-21(28-32-18(4)30)17-26(29-33-19(5)31)20-14-15-23-22-12-9-10-13-24(22)27(7-2,8-3)25(23)16-20/h9-10,12-16H,6-8,11,17H2,1-5H3/b28-21+,29-26+. The Kier molecular flexibility index (Phi) is 7.79. The average Bonchev–Trinajstić information content (AvgIpc) is 3.09. The monoisotopic (exact) mass is 448 g/mol. The van der Waals surface area contributed by atoms with E-state index >= 15 is 0 Å². The Bertz CT molecular complexity index is 1100. The molecule has 0 radical (unpaired) electrons. The fraction of sp³-hybridized carbons (Fsp3) is 0.407. The van der Waals surface area contributed by atoms with Crippen LogP contribution in [0.15, 0.2) is 52.8 Å². The van der Waals surface area contributed by atoms with Crippen LogP contribution >= 0.6 is 0 Å². The quantitative estimate of drug-likeness (QED) is 0.262. The van der Waals surface area contributed by atoms with Crippen LogP contribution in [-0.2, 0) is 24.7 Å². The Morgan fingerprint density at radius 1 is 0.848 bits per heavy atom. The summed E-state index contributed by atoms with van der Waals surface area (Å²) in [5.41, 5.74) is 7.13. The lowest BCUT2D eigenvalue weighted by Crippen LogP contribution is -2.23. The van der Waals surface area contributed by atoms with E-state index in [0.717, 1.165) is 24.8 Å². The lowest BCUT2D eigenvalue weighted by Gasteiger charge is -2.30. The fourth-order valence-corrected chi connectivity index (χ4v) is 4.73. The van der Waals surface area contributed by atoms with Crippen molar-refractivity contribution in [2.24, 2.45) is 10.3 Å². The molecule has 0 spiro atoms. The highest BCUT2D eigenvalue weighted by molar-refractivity contribution is 6.13. The molecule has 0 atom stereocenters. The number of hydrogen-bond acceptors (Lipinski definition) is 6. The molecule has 0 aromatic heterocycles. The van der Waals surface area contributed by atoms with E-state index in [0.29, 0.717) is 24.3 Å². The Balaban J connectivity index is 2.09. The van der Waals surface area contributed by atoms with Gasteiger partial charge < -0.3 is 9.68 Å². The number of carbonyl (C=O) groups is 2. The van der Waals surface area contributed by atoms with Crippen molar-refractivity contribution in [2.75, 3.05) is 0 Å².